The van der Waals surface area contributed by atoms with Crippen LogP contribution in [0.1, 0.15) is 25.2 Å². The second-order valence-electron chi connectivity index (χ2n) is 8.08. The molecule has 31 heavy (non-hydrogen) atoms. The fourth-order valence-corrected chi connectivity index (χ4v) is 4.47. The summed E-state index contributed by atoms with van der Waals surface area (Å²) in [6, 6.07) is 12.4. The number of pyridine rings is 1. The van der Waals surface area contributed by atoms with E-state index >= 15 is 0 Å². The van der Waals surface area contributed by atoms with Gasteiger partial charge in [0.2, 0.25) is 5.91 Å². The summed E-state index contributed by atoms with van der Waals surface area (Å²) in [5, 5.41) is 0. The molecular formula is C25H31N5O. The Hall–Kier alpha value is -2.99. The van der Waals surface area contributed by atoms with Gasteiger partial charge in [-0.25, -0.2) is 4.98 Å². The van der Waals surface area contributed by atoms with E-state index in [4.69, 9.17) is 0 Å². The Morgan fingerprint density at radius 3 is 2.68 bits per heavy atom. The molecule has 3 heterocycles. The van der Waals surface area contributed by atoms with Gasteiger partial charge >= 0.3 is 0 Å². The molecule has 1 aliphatic rings. The average molecular weight is 418 g/mol. The first-order valence-corrected chi connectivity index (χ1v) is 11.2. The lowest BCUT2D eigenvalue weighted by molar-refractivity contribution is -0.134. The third-order valence-electron chi connectivity index (χ3n) is 6.17. The molecule has 0 N–H and O–H groups in total. The third-order valence-corrected chi connectivity index (χ3v) is 6.17. The SMILES string of the molecule is CCN1CCN(Cc2nccn2CC)CC(Cc2ccccc2-c2cccnc2)C1=O. The van der Waals surface area contributed by atoms with Crippen molar-refractivity contribution in [3.8, 4) is 11.1 Å². The predicted octanol–water partition coefficient (Wildman–Crippen LogP) is 3.49. The van der Waals surface area contributed by atoms with E-state index in [0.29, 0.717) is 0 Å². The number of aromatic nitrogens is 3. The van der Waals surface area contributed by atoms with Crippen LogP contribution in [0.3, 0.4) is 0 Å². The second kappa shape index (κ2) is 9.88. The molecule has 1 atom stereocenters. The van der Waals surface area contributed by atoms with Gasteiger partial charge in [-0.1, -0.05) is 30.3 Å². The molecule has 0 bridgehead atoms. The summed E-state index contributed by atoms with van der Waals surface area (Å²) >= 11 is 0. The highest BCUT2D eigenvalue weighted by Crippen LogP contribution is 2.27. The first-order valence-electron chi connectivity index (χ1n) is 11.2. The molecule has 6 nitrogen and oxygen atoms in total. The van der Waals surface area contributed by atoms with Crippen LogP contribution in [0.5, 0.6) is 0 Å². The van der Waals surface area contributed by atoms with Crippen molar-refractivity contribution in [1.29, 1.82) is 0 Å². The molecule has 6 heteroatoms. The number of carbonyl (C=O) groups excluding carboxylic acids is 1. The van der Waals surface area contributed by atoms with Gasteiger partial charge in [0.25, 0.3) is 0 Å². The molecule has 1 unspecified atom stereocenters. The zero-order valence-corrected chi connectivity index (χ0v) is 18.4. The number of benzene rings is 1. The van der Waals surface area contributed by atoms with E-state index in [-0.39, 0.29) is 11.8 Å². The summed E-state index contributed by atoms with van der Waals surface area (Å²) in [5.41, 5.74) is 3.44. The minimum absolute atomic E-state index is 0.0784. The van der Waals surface area contributed by atoms with Gasteiger partial charge in [0.05, 0.1) is 12.5 Å². The van der Waals surface area contributed by atoms with E-state index in [2.05, 4.69) is 63.6 Å². The lowest BCUT2D eigenvalue weighted by Crippen LogP contribution is -2.37. The molecule has 0 spiro atoms. The van der Waals surface area contributed by atoms with E-state index in [1.165, 1.54) is 5.56 Å². The number of likely N-dealkylation sites (N-methyl/N-ethyl adjacent to an activating group) is 1. The number of hydrogen-bond acceptors (Lipinski definition) is 4. The first kappa shape index (κ1) is 21.2. The number of aryl methyl sites for hydroxylation is 1. The Kier molecular flexibility index (Phi) is 6.77. The summed E-state index contributed by atoms with van der Waals surface area (Å²) in [7, 11) is 0. The number of hydrogen-bond donors (Lipinski definition) is 0. The molecule has 0 saturated carbocycles. The van der Waals surface area contributed by atoms with Crippen molar-refractivity contribution in [3.63, 3.8) is 0 Å². The molecule has 0 radical (unpaired) electrons. The van der Waals surface area contributed by atoms with Gasteiger partial charge in [-0.15, -0.1) is 0 Å². The monoisotopic (exact) mass is 417 g/mol. The highest BCUT2D eigenvalue weighted by Gasteiger charge is 2.30. The van der Waals surface area contributed by atoms with Gasteiger partial charge in [0.1, 0.15) is 5.82 Å². The lowest BCUT2D eigenvalue weighted by atomic mass is 9.91. The zero-order valence-electron chi connectivity index (χ0n) is 18.4. The van der Waals surface area contributed by atoms with Crippen molar-refractivity contribution < 1.29 is 4.79 Å². The second-order valence-corrected chi connectivity index (χ2v) is 8.08. The van der Waals surface area contributed by atoms with E-state index in [1.807, 2.05) is 29.6 Å². The fourth-order valence-electron chi connectivity index (χ4n) is 4.47. The van der Waals surface area contributed by atoms with Gasteiger partial charge in [-0.3, -0.25) is 14.7 Å². The first-order chi connectivity index (χ1) is 15.2. The van der Waals surface area contributed by atoms with Crippen molar-refractivity contribution in [2.75, 3.05) is 26.2 Å². The van der Waals surface area contributed by atoms with Gasteiger partial charge in [0, 0.05) is 63.1 Å². The topological polar surface area (TPSA) is 54.3 Å². The Bertz CT molecular complexity index is 1000. The summed E-state index contributed by atoms with van der Waals surface area (Å²) in [6.07, 6.45) is 8.29. The molecule has 1 aliphatic heterocycles. The standard InChI is InChI=1S/C25H31N5O/c1-3-29-13-12-27-24(29)19-28-14-15-30(4-2)25(31)22(18-28)16-20-8-5-6-10-23(20)21-9-7-11-26-17-21/h5-13,17,22H,3-4,14-16,18-19H2,1-2H3. The number of imidazole rings is 1. The van der Waals surface area contributed by atoms with Crippen LogP contribution in [0, 0.1) is 5.92 Å². The quantitative estimate of drug-likeness (QED) is 0.591. The van der Waals surface area contributed by atoms with Crippen molar-refractivity contribution in [3.05, 3.63) is 72.6 Å². The van der Waals surface area contributed by atoms with Crippen LogP contribution in [-0.4, -0.2) is 56.4 Å². The molecule has 2 aromatic heterocycles. The lowest BCUT2D eigenvalue weighted by Gasteiger charge is -2.24. The molecule has 1 fully saturated rings. The third kappa shape index (κ3) is 4.85. The largest absolute Gasteiger partial charge is 0.341 e. The van der Waals surface area contributed by atoms with Crippen molar-refractivity contribution >= 4 is 5.91 Å². The van der Waals surface area contributed by atoms with E-state index in [9.17, 15) is 4.79 Å². The zero-order chi connectivity index (χ0) is 21.6. The highest BCUT2D eigenvalue weighted by atomic mass is 16.2. The number of nitrogens with zero attached hydrogens (tertiary/aromatic N) is 5. The van der Waals surface area contributed by atoms with Crippen LogP contribution >= 0.6 is 0 Å². The number of amides is 1. The smallest absolute Gasteiger partial charge is 0.227 e. The molecule has 1 aromatic carbocycles. The molecule has 0 aliphatic carbocycles. The van der Waals surface area contributed by atoms with Crippen molar-refractivity contribution in [2.45, 2.75) is 33.4 Å². The van der Waals surface area contributed by atoms with Crippen LogP contribution < -0.4 is 0 Å². The van der Waals surface area contributed by atoms with Crippen LogP contribution in [0.15, 0.2) is 61.2 Å². The minimum atomic E-state index is -0.0784. The van der Waals surface area contributed by atoms with Gasteiger partial charge < -0.3 is 9.47 Å². The Labute approximate surface area is 184 Å². The highest BCUT2D eigenvalue weighted by molar-refractivity contribution is 5.80. The molecule has 162 valence electrons. The number of carbonyl (C=O) groups is 1. The van der Waals surface area contributed by atoms with E-state index < -0.39 is 0 Å². The maximum atomic E-state index is 13.4. The maximum Gasteiger partial charge on any atom is 0.227 e. The van der Waals surface area contributed by atoms with Crippen molar-refractivity contribution in [2.24, 2.45) is 5.92 Å². The Morgan fingerprint density at radius 2 is 1.90 bits per heavy atom. The maximum absolute atomic E-state index is 13.4. The fraction of sp³-hybridized carbons (Fsp3) is 0.400. The summed E-state index contributed by atoms with van der Waals surface area (Å²) in [4.78, 5) is 26.6. The molecule has 3 aromatic rings. The average Bonchev–Trinajstić information content (AvgIpc) is 3.20. The van der Waals surface area contributed by atoms with E-state index in [0.717, 1.165) is 62.6 Å². The van der Waals surface area contributed by atoms with Crippen LogP contribution in [-0.2, 0) is 24.3 Å². The normalized spacial score (nSPS) is 17.7. The summed E-state index contributed by atoms with van der Waals surface area (Å²) in [5.74, 6) is 1.24. The molecule has 4 rings (SSSR count). The Balaban J connectivity index is 1.59. The van der Waals surface area contributed by atoms with Gasteiger partial charge in [-0.2, -0.15) is 0 Å². The van der Waals surface area contributed by atoms with Gasteiger partial charge in [-0.05, 0) is 37.5 Å². The van der Waals surface area contributed by atoms with Crippen LogP contribution in [0.2, 0.25) is 0 Å². The molecule has 1 saturated heterocycles. The Morgan fingerprint density at radius 1 is 1.03 bits per heavy atom. The van der Waals surface area contributed by atoms with Crippen molar-refractivity contribution in [1.82, 2.24) is 24.3 Å². The molecular weight excluding hydrogens is 386 g/mol. The molecule has 1 amide bonds. The van der Waals surface area contributed by atoms with Crippen LogP contribution in [0.25, 0.3) is 11.1 Å². The minimum Gasteiger partial charge on any atom is -0.341 e. The van der Waals surface area contributed by atoms with Crippen LogP contribution in [0.4, 0.5) is 0 Å². The number of rotatable bonds is 7. The summed E-state index contributed by atoms with van der Waals surface area (Å²) < 4.78 is 2.18. The summed E-state index contributed by atoms with van der Waals surface area (Å²) in [6.45, 7) is 9.01. The predicted molar refractivity (Wildman–Crippen MR) is 122 cm³/mol. The van der Waals surface area contributed by atoms with E-state index in [1.54, 1.807) is 6.20 Å². The van der Waals surface area contributed by atoms with Gasteiger partial charge in [0.15, 0.2) is 0 Å².